The van der Waals surface area contributed by atoms with Crippen molar-refractivity contribution in [2.24, 2.45) is 0 Å². The number of carbonyl (C=O) groups is 3. The van der Waals surface area contributed by atoms with Gasteiger partial charge in [-0.05, 0) is 12.5 Å². The summed E-state index contributed by atoms with van der Waals surface area (Å²) >= 11 is 0. The summed E-state index contributed by atoms with van der Waals surface area (Å²) in [5.41, 5.74) is 2.39. The van der Waals surface area contributed by atoms with E-state index in [2.05, 4.69) is 5.32 Å². The molecule has 0 spiro atoms. The molecule has 0 bridgehead atoms. The van der Waals surface area contributed by atoms with Gasteiger partial charge in [0.25, 0.3) is 0 Å². The summed E-state index contributed by atoms with van der Waals surface area (Å²) in [5.74, 6) is -0.561. The molecule has 1 fully saturated rings. The van der Waals surface area contributed by atoms with Crippen molar-refractivity contribution in [2.45, 2.75) is 25.8 Å². The molecular weight excluding hydrogens is 368 g/mol. The number of rotatable bonds is 7. The molecule has 29 heavy (non-hydrogen) atoms. The van der Waals surface area contributed by atoms with Crippen molar-refractivity contribution in [3.8, 4) is 0 Å². The van der Waals surface area contributed by atoms with Crippen molar-refractivity contribution < 1.29 is 19.1 Å². The summed E-state index contributed by atoms with van der Waals surface area (Å²) in [6, 6.07) is 15.7. The standard InChI is InChI=1S/C23H26N2O4/c1-17-7-9-18(10-8-17)20(26)11-12-21(27)24-22(19-5-3-2-4-6-19)23(28)25-13-15-29-16-14-25/h2-10,22H,11-16H2,1H3,(H,24,27)/t22-/m0/s1. The molecule has 6 heteroatoms. The lowest BCUT2D eigenvalue weighted by Gasteiger charge is -2.31. The van der Waals surface area contributed by atoms with Gasteiger partial charge in [-0.25, -0.2) is 0 Å². The molecule has 2 amide bonds. The second kappa shape index (κ2) is 9.98. The lowest BCUT2D eigenvalue weighted by molar-refractivity contribution is -0.140. The van der Waals surface area contributed by atoms with Gasteiger partial charge in [0.1, 0.15) is 6.04 Å². The molecule has 2 aromatic rings. The van der Waals surface area contributed by atoms with E-state index in [0.29, 0.717) is 31.9 Å². The van der Waals surface area contributed by atoms with Gasteiger partial charge in [0.2, 0.25) is 11.8 Å². The topological polar surface area (TPSA) is 75.7 Å². The molecule has 0 aromatic heterocycles. The zero-order chi connectivity index (χ0) is 20.6. The first-order valence-electron chi connectivity index (χ1n) is 9.85. The number of Topliss-reactive ketones (excluding diaryl/α,β-unsaturated/α-hetero) is 1. The van der Waals surface area contributed by atoms with Crippen LogP contribution in [0.5, 0.6) is 0 Å². The maximum absolute atomic E-state index is 13.0. The zero-order valence-electron chi connectivity index (χ0n) is 16.6. The molecular formula is C23H26N2O4. The van der Waals surface area contributed by atoms with Gasteiger partial charge in [-0.3, -0.25) is 14.4 Å². The van der Waals surface area contributed by atoms with E-state index in [1.165, 1.54) is 0 Å². The number of benzene rings is 2. The van der Waals surface area contributed by atoms with Crippen molar-refractivity contribution in [2.75, 3.05) is 26.3 Å². The van der Waals surface area contributed by atoms with Crippen LogP contribution in [0, 0.1) is 6.92 Å². The van der Waals surface area contributed by atoms with E-state index in [4.69, 9.17) is 4.74 Å². The Labute approximate surface area is 170 Å². The van der Waals surface area contributed by atoms with Crippen molar-refractivity contribution in [3.05, 3.63) is 71.3 Å². The second-order valence-electron chi connectivity index (χ2n) is 7.14. The molecule has 1 heterocycles. The molecule has 6 nitrogen and oxygen atoms in total. The summed E-state index contributed by atoms with van der Waals surface area (Å²) < 4.78 is 5.31. The first-order valence-corrected chi connectivity index (χ1v) is 9.85. The van der Waals surface area contributed by atoms with Gasteiger partial charge in [-0.15, -0.1) is 0 Å². The SMILES string of the molecule is Cc1ccc(C(=O)CCC(=O)N[C@H](C(=O)N2CCOCC2)c2ccccc2)cc1. The van der Waals surface area contributed by atoms with Crippen molar-refractivity contribution in [1.82, 2.24) is 10.2 Å². The number of carbonyl (C=O) groups excluding carboxylic acids is 3. The number of amides is 2. The van der Waals surface area contributed by atoms with Crippen LogP contribution in [0.3, 0.4) is 0 Å². The number of ether oxygens (including phenoxy) is 1. The van der Waals surface area contributed by atoms with E-state index < -0.39 is 6.04 Å². The predicted octanol–water partition coefficient (Wildman–Crippen LogP) is 2.67. The van der Waals surface area contributed by atoms with Crippen LogP contribution in [0.25, 0.3) is 0 Å². The molecule has 1 atom stereocenters. The number of hydrogen-bond acceptors (Lipinski definition) is 4. The Morgan fingerprint density at radius 2 is 1.62 bits per heavy atom. The minimum Gasteiger partial charge on any atom is -0.378 e. The fourth-order valence-electron chi connectivity index (χ4n) is 3.24. The van der Waals surface area contributed by atoms with Crippen LogP contribution in [0.1, 0.15) is 40.4 Å². The van der Waals surface area contributed by atoms with Gasteiger partial charge in [-0.2, -0.15) is 0 Å². The molecule has 0 radical (unpaired) electrons. The largest absolute Gasteiger partial charge is 0.378 e. The summed E-state index contributed by atoms with van der Waals surface area (Å²) in [7, 11) is 0. The summed E-state index contributed by atoms with van der Waals surface area (Å²) in [4.78, 5) is 39.6. The van der Waals surface area contributed by atoms with Gasteiger partial charge in [0.15, 0.2) is 5.78 Å². The Kier molecular flexibility index (Phi) is 7.14. The lowest BCUT2D eigenvalue weighted by atomic mass is 10.0. The second-order valence-corrected chi connectivity index (χ2v) is 7.14. The van der Waals surface area contributed by atoms with E-state index in [-0.39, 0.29) is 30.4 Å². The van der Waals surface area contributed by atoms with Crippen LogP contribution in [-0.2, 0) is 14.3 Å². The Balaban J connectivity index is 1.63. The molecule has 0 aliphatic carbocycles. The van der Waals surface area contributed by atoms with E-state index in [0.717, 1.165) is 11.1 Å². The van der Waals surface area contributed by atoms with Crippen LogP contribution >= 0.6 is 0 Å². The Morgan fingerprint density at radius 3 is 2.28 bits per heavy atom. The first-order chi connectivity index (χ1) is 14.0. The third-order valence-corrected chi connectivity index (χ3v) is 4.96. The van der Waals surface area contributed by atoms with Gasteiger partial charge in [-0.1, -0.05) is 60.2 Å². The molecule has 152 valence electrons. The van der Waals surface area contributed by atoms with Gasteiger partial charge >= 0.3 is 0 Å². The first kappa shape index (κ1) is 20.7. The maximum atomic E-state index is 13.0. The highest BCUT2D eigenvalue weighted by Gasteiger charge is 2.28. The molecule has 0 unspecified atom stereocenters. The van der Waals surface area contributed by atoms with Crippen molar-refractivity contribution >= 4 is 17.6 Å². The average molecular weight is 394 g/mol. The third kappa shape index (κ3) is 5.74. The van der Waals surface area contributed by atoms with Crippen LogP contribution < -0.4 is 5.32 Å². The van der Waals surface area contributed by atoms with E-state index in [1.54, 1.807) is 17.0 Å². The predicted molar refractivity (Wildman–Crippen MR) is 109 cm³/mol. The maximum Gasteiger partial charge on any atom is 0.249 e. The number of morpholine rings is 1. The van der Waals surface area contributed by atoms with Crippen LogP contribution in [-0.4, -0.2) is 48.8 Å². The van der Waals surface area contributed by atoms with Crippen LogP contribution in [0.2, 0.25) is 0 Å². The van der Waals surface area contributed by atoms with Crippen LogP contribution in [0.4, 0.5) is 0 Å². The Morgan fingerprint density at radius 1 is 0.966 bits per heavy atom. The molecule has 1 N–H and O–H groups in total. The fourth-order valence-corrected chi connectivity index (χ4v) is 3.24. The number of aryl methyl sites for hydroxylation is 1. The van der Waals surface area contributed by atoms with Gasteiger partial charge < -0.3 is 15.0 Å². The number of ketones is 1. The zero-order valence-corrected chi connectivity index (χ0v) is 16.6. The van der Waals surface area contributed by atoms with Crippen molar-refractivity contribution in [3.63, 3.8) is 0 Å². The highest BCUT2D eigenvalue weighted by Crippen LogP contribution is 2.17. The monoisotopic (exact) mass is 394 g/mol. The average Bonchev–Trinajstić information content (AvgIpc) is 2.77. The smallest absolute Gasteiger partial charge is 0.249 e. The molecule has 3 rings (SSSR count). The molecule has 1 aliphatic heterocycles. The normalized spacial score (nSPS) is 14.9. The minimum atomic E-state index is -0.767. The quantitative estimate of drug-likeness (QED) is 0.733. The molecule has 1 aliphatic rings. The highest BCUT2D eigenvalue weighted by atomic mass is 16.5. The third-order valence-electron chi connectivity index (χ3n) is 4.96. The van der Waals surface area contributed by atoms with E-state index >= 15 is 0 Å². The number of nitrogens with zero attached hydrogens (tertiary/aromatic N) is 1. The van der Waals surface area contributed by atoms with Gasteiger partial charge in [0.05, 0.1) is 13.2 Å². The fraction of sp³-hybridized carbons (Fsp3) is 0.348. The summed E-state index contributed by atoms with van der Waals surface area (Å²) in [6.07, 6.45) is 0.134. The Hall–Kier alpha value is -2.99. The van der Waals surface area contributed by atoms with Crippen molar-refractivity contribution in [1.29, 1.82) is 0 Å². The highest BCUT2D eigenvalue weighted by molar-refractivity contribution is 5.98. The minimum absolute atomic E-state index is 0.0342. The summed E-state index contributed by atoms with van der Waals surface area (Å²) in [6.45, 7) is 3.95. The molecule has 1 saturated heterocycles. The van der Waals surface area contributed by atoms with Crippen LogP contribution in [0.15, 0.2) is 54.6 Å². The van der Waals surface area contributed by atoms with E-state index in [1.807, 2.05) is 49.4 Å². The summed E-state index contributed by atoms with van der Waals surface area (Å²) in [5, 5.41) is 2.82. The van der Waals surface area contributed by atoms with E-state index in [9.17, 15) is 14.4 Å². The Bertz CT molecular complexity index is 843. The molecule has 2 aromatic carbocycles. The number of hydrogen-bond donors (Lipinski definition) is 1. The van der Waals surface area contributed by atoms with Gasteiger partial charge in [0, 0.05) is 31.5 Å². The lowest BCUT2D eigenvalue weighted by Crippen LogP contribution is -2.47. The molecule has 0 saturated carbocycles. The number of nitrogens with one attached hydrogen (secondary N) is 1.